The normalized spacial score (nSPS) is 42.7. The summed E-state index contributed by atoms with van der Waals surface area (Å²) in [6, 6.07) is 6.56. The van der Waals surface area contributed by atoms with Gasteiger partial charge in [0.15, 0.2) is 29.9 Å². The number of benzene rings is 1. The smallest absolute Gasteiger partial charge is 0.338 e. The number of allylic oxidation sites excluding steroid dienone is 1. The molecule has 5 fully saturated rings. The largest absolute Gasteiger partial charge is 0.454 e. The van der Waals surface area contributed by atoms with Crippen LogP contribution in [0.4, 0.5) is 0 Å². The quantitative estimate of drug-likeness (QED) is 0.156. The van der Waals surface area contributed by atoms with Gasteiger partial charge in [-0.3, -0.25) is 9.59 Å². The molecule has 0 amide bonds. The number of aliphatic hydroxyl groups is 5. The van der Waals surface area contributed by atoms with Gasteiger partial charge in [-0.2, -0.15) is 0 Å². The molecular formula is C46H66O14S. The summed E-state index contributed by atoms with van der Waals surface area (Å²) in [6.07, 6.45) is -5.94. The van der Waals surface area contributed by atoms with Crippen LogP contribution >= 0.6 is 11.8 Å². The predicted molar refractivity (Wildman–Crippen MR) is 223 cm³/mol. The molecule has 61 heavy (non-hydrogen) atoms. The van der Waals surface area contributed by atoms with Gasteiger partial charge >= 0.3 is 11.9 Å². The Morgan fingerprint density at radius 3 is 2.21 bits per heavy atom. The van der Waals surface area contributed by atoms with E-state index in [4.69, 9.17) is 28.4 Å². The van der Waals surface area contributed by atoms with Gasteiger partial charge in [0.2, 0.25) is 0 Å². The van der Waals surface area contributed by atoms with E-state index in [2.05, 4.69) is 19.9 Å². The monoisotopic (exact) mass is 874 g/mol. The summed E-state index contributed by atoms with van der Waals surface area (Å²) in [5.41, 5.74) is -0.118. The number of carbonyl (C=O) groups excluding carboxylic acids is 3. The molecule has 2 saturated heterocycles. The van der Waals surface area contributed by atoms with Gasteiger partial charge in [0.1, 0.15) is 30.0 Å². The van der Waals surface area contributed by atoms with Gasteiger partial charge in [-0.15, -0.1) is 0 Å². The molecule has 2 heterocycles. The molecule has 2 aliphatic heterocycles. The minimum Gasteiger partial charge on any atom is -0.454 e. The van der Waals surface area contributed by atoms with Gasteiger partial charge in [-0.05, 0) is 93.1 Å². The number of ether oxygens (including phenoxy) is 6. The molecule has 7 rings (SSSR count). The molecule has 1 aromatic rings. The summed E-state index contributed by atoms with van der Waals surface area (Å²) in [7, 11) is 0. The van der Waals surface area contributed by atoms with Crippen LogP contribution in [0.2, 0.25) is 0 Å². The summed E-state index contributed by atoms with van der Waals surface area (Å²) < 4.78 is 36.5. The van der Waals surface area contributed by atoms with E-state index in [9.17, 15) is 39.9 Å². The third-order valence-corrected chi connectivity index (χ3v) is 16.6. The lowest BCUT2D eigenvalue weighted by Gasteiger charge is -2.59. The second kappa shape index (κ2) is 18.2. The number of fused-ring (bicyclic) bond motifs is 5. The zero-order valence-electron chi connectivity index (χ0n) is 36.4. The summed E-state index contributed by atoms with van der Waals surface area (Å²) in [5, 5.41) is 56.9. The zero-order valence-corrected chi connectivity index (χ0v) is 37.3. The van der Waals surface area contributed by atoms with Crippen LogP contribution in [0.1, 0.15) is 102 Å². The third kappa shape index (κ3) is 8.74. The highest BCUT2D eigenvalue weighted by Crippen LogP contribution is 2.69. The summed E-state index contributed by atoms with van der Waals surface area (Å²) in [4.78, 5) is 40.1. The molecule has 0 spiro atoms. The van der Waals surface area contributed by atoms with Crippen molar-refractivity contribution in [2.45, 2.75) is 160 Å². The van der Waals surface area contributed by atoms with Crippen molar-refractivity contribution in [3.8, 4) is 0 Å². The molecule has 0 bridgehead atoms. The van der Waals surface area contributed by atoms with Crippen molar-refractivity contribution in [2.24, 2.45) is 40.4 Å². The molecule has 4 aliphatic carbocycles. The van der Waals surface area contributed by atoms with Crippen LogP contribution in [0.15, 0.2) is 35.9 Å². The van der Waals surface area contributed by atoms with Crippen molar-refractivity contribution in [2.75, 3.05) is 19.0 Å². The van der Waals surface area contributed by atoms with Gasteiger partial charge in [0.25, 0.3) is 0 Å². The first kappa shape index (κ1) is 46.5. The van der Waals surface area contributed by atoms with Crippen LogP contribution in [0.3, 0.4) is 0 Å². The lowest BCUT2D eigenvalue weighted by molar-refractivity contribution is -0.345. The van der Waals surface area contributed by atoms with Crippen LogP contribution in [-0.4, -0.2) is 129 Å². The van der Waals surface area contributed by atoms with Gasteiger partial charge in [-0.25, -0.2) is 4.79 Å². The lowest BCUT2D eigenvalue weighted by atomic mass is 9.46. The highest BCUT2D eigenvalue weighted by Gasteiger charge is 2.71. The number of aliphatic hydroxyl groups excluding tert-OH is 4. The molecule has 14 nitrogen and oxygen atoms in total. The van der Waals surface area contributed by atoms with E-state index in [0.29, 0.717) is 30.9 Å². The summed E-state index contributed by atoms with van der Waals surface area (Å²) in [5.74, 6) is -1.16. The summed E-state index contributed by atoms with van der Waals surface area (Å²) in [6.45, 7) is 12.5. The second-order valence-corrected chi connectivity index (χ2v) is 20.5. The fraction of sp³-hybridized carbons (Fsp3) is 0.761. The Morgan fingerprint density at radius 2 is 1.54 bits per heavy atom. The lowest BCUT2D eigenvalue weighted by Crippen LogP contribution is -2.64. The number of hydrogen-bond donors (Lipinski definition) is 5. The maximum absolute atomic E-state index is 14.1. The van der Waals surface area contributed by atoms with Gasteiger partial charge < -0.3 is 54.0 Å². The number of thioether (sulfide) groups is 1. The van der Waals surface area contributed by atoms with Gasteiger partial charge in [0.05, 0.1) is 36.9 Å². The molecule has 340 valence electrons. The van der Waals surface area contributed by atoms with Crippen LogP contribution in [0.25, 0.3) is 0 Å². The second-order valence-electron chi connectivity index (χ2n) is 19.5. The summed E-state index contributed by atoms with van der Waals surface area (Å²) >= 11 is 1.20. The van der Waals surface area contributed by atoms with Crippen LogP contribution in [0.5, 0.6) is 0 Å². The highest BCUT2D eigenvalue weighted by atomic mass is 32.2. The minimum absolute atomic E-state index is 0.0611. The van der Waals surface area contributed by atoms with E-state index in [-0.39, 0.29) is 46.6 Å². The molecule has 0 aromatic heterocycles. The number of carbonyl (C=O) groups is 3. The molecule has 3 saturated carbocycles. The average Bonchev–Trinajstić information content (AvgIpc) is 3.44. The molecule has 6 aliphatic rings. The molecule has 15 heteroatoms. The van der Waals surface area contributed by atoms with Gasteiger partial charge in [0, 0.05) is 18.1 Å². The van der Waals surface area contributed by atoms with Crippen LogP contribution < -0.4 is 0 Å². The van der Waals surface area contributed by atoms with Crippen molar-refractivity contribution in [3.63, 3.8) is 0 Å². The highest BCUT2D eigenvalue weighted by molar-refractivity contribution is 8.13. The fourth-order valence-electron chi connectivity index (χ4n) is 11.7. The number of hydrogen-bond acceptors (Lipinski definition) is 15. The third-order valence-electron chi connectivity index (χ3n) is 15.2. The standard InChI is InChI=1S/C46H66O14S/c1-23(2)22-61-41(53)25(4)46(54)35(19-32-30-13-12-28-18-29(48)14-16-44(28,6)31(30)15-17-45(32,46)7)58-43-39(57-26(5)47)37(34(50)21-56-43)60-42-38(36(51)33(49)20-55-42)59-40(52)27-10-8-24(3)9-11-27/h8-12,23,25,29-39,42-43,48-51,54H,13-22H2,1-7H3/t25-,29+,30?,31?,32?,33-,34+,35+,36+,37+,38-,39-,42+,43+,44+,45+,46-/m1/s1. The van der Waals surface area contributed by atoms with Crippen molar-refractivity contribution in [1.82, 2.24) is 0 Å². The molecule has 1 aromatic carbocycles. The Bertz CT molecular complexity index is 1790. The van der Waals surface area contributed by atoms with Gasteiger partial charge in [-0.1, -0.05) is 75.7 Å². The molecule has 0 radical (unpaired) electrons. The first-order chi connectivity index (χ1) is 28.8. The number of aryl methyl sites for hydroxylation is 1. The van der Waals surface area contributed by atoms with Crippen molar-refractivity contribution < 1.29 is 68.3 Å². The first-order valence-corrected chi connectivity index (χ1v) is 23.1. The van der Waals surface area contributed by atoms with E-state index in [1.807, 2.05) is 20.8 Å². The minimum atomic E-state index is -1.68. The molecular weight excluding hydrogens is 809 g/mol. The maximum Gasteiger partial charge on any atom is 0.338 e. The fourth-order valence-corrected chi connectivity index (χ4v) is 12.6. The number of rotatable bonds is 11. The van der Waals surface area contributed by atoms with E-state index >= 15 is 0 Å². The average molecular weight is 875 g/mol. The number of esters is 2. The Morgan fingerprint density at radius 1 is 0.869 bits per heavy atom. The van der Waals surface area contributed by atoms with Crippen molar-refractivity contribution in [1.29, 1.82) is 0 Å². The van der Waals surface area contributed by atoms with E-state index in [1.165, 1.54) is 24.3 Å². The molecule has 5 N–H and O–H groups in total. The van der Waals surface area contributed by atoms with Crippen molar-refractivity contribution in [3.05, 3.63) is 47.0 Å². The predicted octanol–water partition coefficient (Wildman–Crippen LogP) is 4.23. The van der Waals surface area contributed by atoms with Crippen LogP contribution in [0, 0.1) is 47.3 Å². The Balaban J connectivity index is 1.19. The first-order valence-electron chi connectivity index (χ1n) is 22.1. The van der Waals surface area contributed by atoms with E-state index < -0.39 is 90.8 Å². The zero-order chi connectivity index (χ0) is 44.2. The SMILES string of the molecule is CC(=O)O[C@H]1[C@H](O[C@H]2CC3C4CC=C5C[C@@H](O)CC[C@]5(C)C4CC[C@]3(C)[C@@]2(O)[C@H](C)C(=O)SCC(C)C)OC[C@H](O)[C@@H]1O[C@@H]1OC[C@@H](O)[C@H](O)[C@H]1OC(=O)c1ccc(C)cc1. The Hall–Kier alpha value is -2.44. The van der Waals surface area contributed by atoms with E-state index in [1.54, 1.807) is 31.2 Å². The topological polar surface area (TPSA) is 208 Å². The Labute approximate surface area is 363 Å². The Kier molecular flexibility index (Phi) is 13.9. The van der Waals surface area contributed by atoms with E-state index in [0.717, 1.165) is 31.2 Å². The molecule has 3 unspecified atom stereocenters. The van der Waals surface area contributed by atoms with Crippen LogP contribution in [-0.2, 0) is 38.0 Å². The van der Waals surface area contributed by atoms with Crippen molar-refractivity contribution >= 4 is 28.8 Å². The molecule has 17 atom stereocenters. The maximum atomic E-state index is 14.1.